The van der Waals surface area contributed by atoms with Gasteiger partial charge in [-0.15, -0.1) is 0 Å². The van der Waals surface area contributed by atoms with E-state index in [1.807, 2.05) is 0 Å². The molecule has 2 atom stereocenters. The highest BCUT2D eigenvalue weighted by molar-refractivity contribution is 5.06. The summed E-state index contributed by atoms with van der Waals surface area (Å²) in [4.78, 5) is 0. The maximum Gasteiger partial charge on any atom is 0.0835 e. The topological polar surface area (TPSA) is 21.3 Å². The molecule has 2 aliphatic rings. The van der Waals surface area contributed by atoms with Crippen LogP contribution in [0.3, 0.4) is 0 Å². The molecular weight excluding hydrogens is 150 g/mol. The summed E-state index contributed by atoms with van der Waals surface area (Å²) >= 11 is 0. The van der Waals surface area contributed by atoms with Crippen molar-refractivity contribution < 1.29 is 4.74 Å². The SMILES string of the molecule is CC1CNCC(C)(C2(C)CC2)O1. The average molecular weight is 169 g/mol. The first-order valence-corrected chi connectivity index (χ1v) is 4.94. The van der Waals surface area contributed by atoms with Crippen molar-refractivity contribution in [2.45, 2.75) is 45.3 Å². The van der Waals surface area contributed by atoms with Gasteiger partial charge in [0.05, 0.1) is 11.7 Å². The number of rotatable bonds is 1. The predicted molar refractivity (Wildman–Crippen MR) is 49.2 cm³/mol. The van der Waals surface area contributed by atoms with Gasteiger partial charge >= 0.3 is 0 Å². The summed E-state index contributed by atoms with van der Waals surface area (Å²) in [7, 11) is 0. The molecule has 0 bridgehead atoms. The first-order chi connectivity index (χ1) is 5.56. The van der Waals surface area contributed by atoms with Gasteiger partial charge in [0.25, 0.3) is 0 Å². The maximum atomic E-state index is 6.04. The second kappa shape index (κ2) is 2.46. The predicted octanol–water partition coefficient (Wildman–Crippen LogP) is 1.55. The summed E-state index contributed by atoms with van der Waals surface area (Å²) < 4.78 is 6.04. The van der Waals surface area contributed by atoms with Crippen LogP contribution in [0.4, 0.5) is 0 Å². The van der Waals surface area contributed by atoms with Crippen LogP contribution in [0.15, 0.2) is 0 Å². The Kier molecular flexibility index (Phi) is 1.74. The molecule has 0 spiro atoms. The number of hydrogen-bond acceptors (Lipinski definition) is 2. The minimum absolute atomic E-state index is 0.0880. The van der Waals surface area contributed by atoms with Crippen molar-refractivity contribution in [2.75, 3.05) is 13.1 Å². The monoisotopic (exact) mass is 169 g/mol. The van der Waals surface area contributed by atoms with Crippen LogP contribution in [-0.2, 0) is 4.74 Å². The summed E-state index contributed by atoms with van der Waals surface area (Å²) in [6.45, 7) is 8.77. The lowest BCUT2D eigenvalue weighted by Gasteiger charge is -2.42. The van der Waals surface area contributed by atoms with Gasteiger partial charge in [0.15, 0.2) is 0 Å². The van der Waals surface area contributed by atoms with Crippen molar-refractivity contribution in [3.63, 3.8) is 0 Å². The molecule has 1 saturated heterocycles. The Hall–Kier alpha value is -0.0800. The third kappa shape index (κ3) is 1.17. The van der Waals surface area contributed by atoms with Crippen LogP contribution in [0, 0.1) is 5.41 Å². The lowest BCUT2D eigenvalue weighted by Crippen LogP contribution is -2.55. The van der Waals surface area contributed by atoms with E-state index in [2.05, 4.69) is 26.1 Å². The summed E-state index contributed by atoms with van der Waals surface area (Å²) in [6, 6.07) is 0. The molecule has 1 heterocycles. The summed E-state index contributed by atoms with van der Waals surface area (Å²) in [5.74, 6) is 0. The summed E-state index contributed by atoms with van der Waals surface area (Å²) in [6.07, 6.45) is 3.04. The molecule has 70 valence electrons. The van der Waals surface area contributed by atoms with E-state index in [1.54, 1.807) is 0 Å². The van der Waals surface area contributed by atoms with Gasteiger partial charge in [-0.2, -0.15) is 0 Å². The zero-order chi connectivity index (χ0) is 8.82. The summed E-state index contributed by atoms with van der Waals surface area (Å²) in [5, 5.41) is 3.45. The standard InChI is InChI=1S/C10H19NO/c1-8-6-11-7-10(3,12-8)9(2)4-5-9/h8,11H,4-7H2,1-3H3. The molecule has 0 aromatic heterocycles. The van der Waals surface area contributed by atoms with Crippen molar-refractivity contribution in [1.29, 1.82) is 0 Å². The van der Waals surface area contributed by atoms with Gasteiger partial charge in [-0.05, 0) is 32.1 Å². The van der Waals surface area contributed by atoms with E-state index in [1.165, 1.54) is 12.8 Å². The van der Waals surface area contributed by atoms with Crippen LogP contribution in [0.2, 0.25) is 0 Å². The van der Waals surface area contributed by atoms with Crippen LogP contribution in [0.1, 0.15) is 33.6 Å². The molecule has 0 aromatic rings. The molecule has 1 aliphatic heterocycles. The zero-order valence-electron chi connectivity index (χ0n) is 8.31. The van der Waals surface area contributed by atoms with Crippen LogP contribution in [-0.4, -0.2) is 24.8 Å². The highest BCUT2D eigenvalue weighted by atomic mass is 16.5. The van der Waals surface area contributed by atoms with E-state index in [-0.39, 0.29) is 5.60 Å². The fraction of sp³-hybridized carbons (Fsp3) is 1.00. The van der Waals surface area contributed by atoms with Crippen molar-refractivity contribution in [3.8, 4) is 0 Å². The van der Waals surface area contributed by atoms with E-state index in [9.17, 15) is 0 Å². The molecular formula is C10H19NO. The molecule has 2 rings (SSSR count). The highest BCUT2D eigenvalue weighted by Gasteiger charge is 2.55. The third-order valence-electron chi connectivity index (χ3n) is 3.63. The smallest absolute Gasteiger partial charge is 0.0835 e. The minimum Gasteiger partial charge on any atom is -0.369 e. The average Bonchev–Trinajstić information content (AvgIpc) is 2.69. The maximum absolute atomic E-state index is 6.04. The second-order valence-corrected chi connectivity index (χ2v) is 4.85. The Labute approximate surface area is 74.7 Å². The highest BCUT2D eigenvalue weighted by Crippen LogP contribution is 2.55. The number of hydrogen-bond donors (Lipinski definition) is 1. The molecule has 0 radical (unpaired) electrons. The fourth-order valence-corrected chi connectivity index (χ4v) is 2.11. The third-order valence-corrected chi connectivity index (χ3v) is 3.63. The molecule has 0 amide bonds. The van der Waals surface area contributed by atoms with Gasteiger partial charge in [-0.1, -0.05) is 6.92 Å². The van der Waals surface area contributed by atoms with Crippen LogP contribution >= 0.6 is 0 Å². The van der Waals surface area contributed by atoms with Gasteiger partial charge in [0, 0.05) is 13.1 Å². The lowest BCUT2D eigenvalue weighted by molar-refractivity contribution is -0.135. The first kappa shape index (κ1) is 8.52. The van der Waals surface area contributed by atoms with Crippen molar-refractivity contribution in [1.82, 2.24) is 5.32 Å². The molecule has 0 aromatic carbocycles. The normalized spacial score (nSPS) is 45.8. The van der Waals surface area contributed by atoms with E-state index < -0.39 is 0 Å². The quantitative estimate of drug-likeness (QED) is 0.643. The van der Waals surface area contributed by atoms with Crippen LogP contribution in [0.25, 0.3) is 0 Å². The molecule has 1 N–H and O–H groups in total. The van der Waals surface area contributed by atoms with Crippen molar-refractivity contribution >= 4 is 0 Å². The van der Waals surface area contributed by atoms with Gasteiger partial charge in [0.1, 0.15) is 0 Å². The Morgan fingerprint density at radius 3 is 2.50 bits per heavy atom. The Morgan fingerprint density at radius 1 is 1.33 bits per heavy atom. The number of ether oxygens (including phenoxy) is 1. The lowest BCUT2D eigenvalue weighted by atomic mass is 9.86. The van der Waals surface area contributed by atoms with Crippen molar-refractivity contribution in [3.05, 3.63) is 0 Å². The summed E-state index contributed by atoms with van der Waals surface area (Å²) in [5.41, 5.74) is 0.541. The largest absolute Gasteiger partial charge is 0.369 e. The minimum atomic E-state index is 0.0880. The molecule has 12 heavy (non-hydrogen) atoms. The van der Waals surface area contributed by atoms with Crippen molar-refractivity contribution in [2.24, 2.45) is 5.41 Å². The van der Waals surface area contributed by atoms with Crippen LogP contribution in [0.5, 0.6) is 0 Å². The van der Waals surface area contributed by atoms with Gasteiger partial charge in [-0.25, -0.2) is 0 Å². The Balaban J connectivity index is 2.08. The molecule has 2 nitrogen and oxygen atoms in total. The molecule has 1 aliphatic carbocycles. The van der Waals surface area contributed by atoms with Gasteiger partial charge in [-0.3, -0.25) is 0 Å². The van der Waals surface area contributed by atoms with Gasteiger partial charge < -0.3 is 10.1 Å². The molecule has 2 fully saturated rings. The first-order valence-electron chi connectivity index (χ1n) is 4.94. The second-order valence-electron chi connectivity index (χ2n) is 4.85. The van der Waals surface area contributed by atoms with E-state index in [0.717, 1.165) is 13.1 Å². The number of morpholine rings is 1. The Bertz CT molecular complexity index is 188. The Morgan fingerprint density at radius 2 is 2.00 bits per heavy atom. The van der Waals surface area contributed by atoms with E-state index in [4.69, 9.17) is 4.74 Å². The van der Waals surface area contributed by atoms with Gasteiger partial charge in [0.2, 0.25) is 0 Å². The molecule has 2 unspecified atom stereocenters. The van der Waals surface area contributed by atoms with Crippen LogP contribution < -0.4 is 5.32 Å². The number of nitrogens with one attached hydrogen (secondary N) is 1. The fourth-order valence-electron chi connectivity index (χ4n) is 2.11. The van der Waals surface area contributed by atoms with E-state index in [0.29, 0.717) is 11.5 Å². The zero-order valence-corrected chi connectivity index (χ0v) is 8.31. The molecule has 2 heteroatoms. The molecule has 1 saturated carbocycles. The van der Waals surface area contributed by atoms with E-state index >= 15 is 0 Å².